The Morgan fingerprint density at radius 1 is 1.08 bits per heavy atom. The summed E-state index contributed by atoms with van der Waals surface area (Å²) in [6.45, 7) is 1.69. The number of hydrogen-bond donors (Lipinski definition) is 1. The highest BCUT2D eigenvalue weighted by molar-refractivity contribution is 5.98. The SMILES string of the molecule is CCC(=O)Nc1ccc(C(=O)COc2ccc(-c3nnco3)cc2)cc1. The van der Waals surface area contributed by atoms with E-state index in [-0.39, 0.29) is 18.3 Å². The number of amides is 1. The van der Waals surface area contributed by atoms with E-state index in [9.17, 15) is 9.59 Å². The predicted molar refractivity (Wildman–Crippen MR) is 94.9 cm³/mol. The zero-order valence-electron chi connectivity index (χ0n) is 14.1. The van der Waals surface area contributed by atoms with Crippen molar-refractivity contribution in [2.75, 3.05) is 11.9 Å². The first-order valence-electron chi connectivity index (χ1n) is 8.08. The number of nitrogens with one attached hydrogen (secondary N) is 1. The van der Waals surface area contributed by atoms with Gasteiger partial charge in [0, 0.05) is 23.2 Å². The van der Waals surface area contributed by atoms with Gasteiger partial charge in [0.15, 0.2) is 12.4 Å². The van der Waals surface area contributed by atoms with Crippen molar-refractivity contribution in [3.05, 3.63) is 60.5 Å². The lowest BCUT2D eigenvalue weighted by molar-refractivity contribution is -0.115. The van der Waals surface area contributed by atoms with Crippen LogP contribution in [0.4, 0.5) is 5.69 Å². The maximum atomic E-state index is 12.2. The molecule has 0 aliphatic carbocycles. The number of anilines is 1. The summed E-state index contributed by atoms with van der Waals surface area (Å²) in [6, 6.07) is 13.7. The van der Waals surface area contributed by atoms with E-state index in [0.29, 0.717) is 29.3 Å². The Morgan fingerprint density at radius 3 is 2.42 bits per heavy atom. The molecule has 26 heavy (non-hydrogen) atoms. The largest absolute Gasteiger partial charge is 0.485 e. The quantitative estimate of drug-likeness (QED) is 0.656. The molecule has 0 atom stereocenters. The van der Waals surface area contributed by atoms with Gasteiger partial charge in [-0.15, -0.1) is 10.2 Å². The smallest absolute Gasteiger partial charge is 0.247 e. The molecule has 3 aromatic rings. The summed E-state index contributed by atoms with van der Waals surface area (Å²) in [5.74, 6) is 0.757. The summed E-state index contributed by atoms with van der Waals surface area (Å²) < 4.78 is 10.6. The van der Waals surface area contributed by atoms with Crippen molar-refractivity contribution in [1.82, 2.24) is 10.2 Å². The van der Waals surface area contributed by atoms with Gasteiger partial charge in [-0.05, 0) is 48.5 Å². The topological polar surface area (TPSA) is 94.3 Å². The van der Waals surface area contributed by atoms with Gasteiger partial charge >= 0.3 is 0 Å². The lowest BCUT2D eigenvalue weighted by Gasteiger charge is -2.07. The molecule has 7 heteroatoms. The first-order valence-corrected chi connectivity index (χ1v) is 8.08. The highest BCUT2D eigenvalue weighted by atomic mass is 16.5. The minimum Gasteiger partial charge on any atom is -0.485 e. The number of benzene rings is 2. The number of nitrogens with zero attached hydrogens (tertiary/aromatic N) is 2. The molecule has 0 bridgehead atoms. The van der Waals surface area contributed by atoms with Gasteiger partial charge in [0.2, 0.25) is 18.2 Å². The molecular formula is C19H17N3O4. The van der Waals surface area contributed by atoms with Crippen LogP contribution in [0.2, 0.25) is 0 Å². The second kappa shape index (κ2) is 8.06. The zero-order chi connectivity index (χ0) is 18.4. The van der Waals surface area contributed by atoms with Gasteiger partial charge in [-0.1, -0.05) is 6.92 Å². The highest BCUT2D eigenvalue weighted by Gasteiger charge is 2.09. The first kappa shape index (κ1) is 17.3. The van der Waals surface area contributed by atoms with Gasteiger partial charge in [0.1, 0.15) is 5.75 Å². The van der Waals surface area contributed by atoms with E-state index >= 15 is 0 Å². The maximum absolute atomic E-state index is 12.2. The number of carbonyl (C=O) groups is 2. The maximum Gasteiger partial charge on any atom is 0.247 e. The van der Waals surface area contributed by atoms with E-state index in [1.165, 1.54) is 6.39 Å². The van der Waals surface area contributed by atoms with Gasteiger partial charge in [0.05, 0.1) is 0 Å². The van der Waals surface area contributed by atoms with E-state index in [2.05, 4.69) is 15.5 Å². The molecule has 1 N–H and O–H groups in total. The molecule has 0 aliphatic rings. The number of aromatic nitrogens is 2. The molecule has 2 aromatic carbocycles. The van der Waals surface area contributed by atoms with Crippen molar-refractivity contribution in [3.8, 4) is 17.2 Å². The molecule has 3 rings (SSSR count). The first-order chi connectivity index (χ1) is 12.7. The van der Waals surface area contributed by atoms with Gasteiger partial charge in [-0.2, -0.15) is 0 Å². The molecule has 0 radical (unpaired) electrons. The number of ketones is 1. The molecule has 1 heterocycles. The summed E-state index contributed by atoms with van der Waals surface area (Å²) in [5, 5.41) is 10.2. The van der Waals surface area contributed by atoms with Gasteiger partial charge in [0.25, 0.3) is 0 Å². The zero-order valence-corrected chi connectivity index (χ0v) is 14.1. The van der Waals surface area contributed by atoms with Crippen LogP contribution < -0.4 is 10.1 Å². The van der Waals surface area contributed by atoms with Crippen LogP contribution in [0.5, 0.6) is 5.75 Å². The fraction of sp³-hybridized carbons (Fsp3) is 0.158. The fourth-order valence-electron chi connectivity index (χ4n) is 2.21. The summed E-state index contributed by atoms with van der Waals surface area (Å²) in [7, 11) is 0. The normalized spacial score (nSPS) is 10.3. The lowest BCUT2D eigenvalue weighted by atomic mass is 10.1. The monoisotopic (exact) mass is 351 g/mol. The van der Waals surface area contributed by atoms with Crippen molar-refractivity contribution in [2.24, 2.45) is 0 Å². The molecule has 132 valence electrons. The molecule has 0 aliphatic heterocycles. The Labute approximate surface area is 150 Å². The van der Waals surface area contributed by atoms with Crippen LogP contribution in [-0.2, 0) is 4.79 Å². The van der Waals surface area contributed by atoms with E-state index in [1.54, 1.807) is 55.5 Å². The van der Waals surface area contributed by atoms with Gasteiger partial charge < -0.3 is 14.5 Å². The number of hydrogen-bond acceptors (Lipinski definition) is 6. The number of rotatable bonds is 7. The van der Waals surface area contributed by atoms with Crippen LogP contribution in [0.25, 0.3) is 11.5 Å². The fourth-order valence-corrected chi connectivity index (χ4v) is 2.21. The average Bonchev–Trinajstić information content (AvgIpc) is 3.22. The van der Waals surface area contributed by atoms with Crippen molar-refractivity contribution < 1.29 is 18.7 Å². The Kier molecular flexibility index (Phi) is 5.38. The van der Waals surface area contributed by atoms with Crippen LogP contribution >= 0.6 is 0 Å². The predicted octanol–water partition coefficient (Wildman–Crippen LogP) is 3.35. The molecule has 1 aromatic heterocycles. The van der Waals surface area contributed by atoms with E-state index in [4.69, 9.17) is 9.15 Å². The summed E-state index contributed by atoms with van der Waals surface area (Å²) in [4.78, 5) is 23.6. The Morgan fingerprint density at radius 2 is 1.81 bits per heavy atom. The van der Waals surface area contributed by atoms with Crippen molar-refractivity contribution >= 4 is 17.4 Å². The van der Waals surface area contributed by atoms with E-state index in [0.717, 1.165) is 5.56 Å². The number of ether oxygens (including phenoxy) is 1. The minimum absolute atomic E-state index is 0.0728. The lowest BCUT2D eigenvalue weighted by Crippen LogP contribution is -2.12. The standard InChI is InChI=1S/C19H17N3O4/c1-2-18(24)21-15-7-3-13(4-8-15)17(23)11-25-16-9-5-14(6-10-16)19-22-20-12-26-19/h3-10,12H,2,11H2,1H3,(H,21,24). The van der Waals surface area contributed by atoms with Gasteiger partial charge in [-0.3, -0.25) is 9.59 Å². The van der Waals surface area contributed by atoms with Crippen LogP contribution in [0.1, 0.15) is 23.7 Å². The Hall–Kier alpha value is -3.48. The van der Waals surface area contributed by atoms with Crippen molar-refractivity contribution in [2.45, 2.75) is 13.3 Å². The minimum atomic E-state index is -0.153. The molecule has 0 unspecified atom stereocenters. The third-order valence-electron chi connectivity index (χ3n) is 3.64. The highest BCUT2D eigenvalue weighted by Crippen LogP contribution is 2.20. The van der Waals surface area contributed by atoms with Crippen molar-refractivity contribution in [3.63, 3.8) is 0 Å². The molecule has 1 amide bonds. The van der Waals surface area contributed by atoms with Crippen LogP contribution in [-0.4, -0.2) is 28.5 Å². The molecule has 0 fully saturated rings. The van der Waals surface area contributed by atoms with E-state index < -0.39 is 0 Å². The summed E-state index contributed by atoms with van der Waals surface area (Å²) in [5.41, 5.74) is 1.94. The van der Waals surface area contributed by atoms with Crippen molar-refractivity contribution in [1.29, 1.82) is 0 Å². The Balaban J connectivity index is 1.56. The van der Waals surface area contributed by atoms with E-state index in [1.807, 2.05) is 0 Å². The number of carbonyl (C=O) groups excluding carboxylic acids is 2. The molecule has 0 saturated heterocycles. The number of Topliss-reactive ketones (excluding diaryl/α,β-unsaturated/α-hetero) is 1. The third kappa shape index (κ3) is 4.32. The molecule has 0 spiro atoms. The Bertz CT molecular complexity index is 872. The molecule has 0 saturated carbocycles. The van der Waals surface area contributed by atoms with Crippen LogP contribution in [0.15, 0.2) is 59.3 Å². The molecule has 7 nitrogen and oxygen atoms in total. The van der Waals surface area contributed by atoms with Crippen LogP contribution in [0.3, 0.4) is 0 Å². The van der Waals surface area contributed by atoms with Crippen LogP contribution in [0, 0.1) is 0 Å². The second-order valence-electron chi connectivity index (χ2n) is 5.46. The summed E-state index contributed by atoms with van der Waals surface area (Å²) >= 11 is 0. The van der Waals surface area contributed by atoms with Gasteiger partial charge in [-0.25, -0.2) is 0 Å². The third-order valence-corrected chi connectivity index (χ3v) is 3.64. The summed E-state index contributed by atoms with van der Waals surface area (Å²) in [6.07, 6.45) is 1.66. The molecular weight excluding hydrogens is 334 g/mol. The average molecular weight is 351 g/mol. The second-order valence-corrected chi connectivity index (χ2v) is 5.46.